The Morgan fingerprint density at radius 1 is 1.03 bits per heavy atom. The van der Waals surface area contributed by atoms with Crippen molar-refractivity contribution in [1.29, 1.82) is 0 Å². The molecule has 2 heterocycles. The van der Waals surface area contributed by atoms with E-state index in [1.165, 1.54) is 12.1 Å². The summed E-state index contributed by atoms with van der Waals surface area (Å²) < 4.78 is 21.8. The van der Waals surface area contributed by atoms with Gasteiger partial charge in [0.2, 0.25) is 5.91 Å². The number of nitrogens with zero attached hydrogens (tertiary/aromatic N) is 3. The molecule has 1 unspecified atom stereocenters. The minimum Gasteiger partial charge on any atom is -0.494 e. The molecular weight excluding hydrogens is 453 g/mol. The van der Waals surface area contributed by atoms with Gasteiger partial charge in [0.1, 0.15) is 17.4 Å². The lowest BCUT2D eigenvalue weighted by Gasteiger charge is -2.17. The Labute approximate surface area is 202 Å². The van der Waals surface area contributed by atoms with Crippen LogP contribution in [0.4, 0.5) is 10.1 Å². The van der Waals surface area contributed by atoms with E-state index in [1.807, 2.05) is 42.5 Å². The Bertz CT molecular complexity index is 1300. The van der Waals surface area contributed by atoms with Gasteiger partial charge >= 0.3 is 0 Å². The Morgan fingerprint density at radius 3 is 2.68 bits per heavy atom. The second-order valence-corrected chi connectivity index (χ2v) is 8.94. The molecule has 5 nitrogen and oxygen atoms in total. The summed E-state index contributed by atoms with van der Waals surface area (Å²) in [6.45, 7) is 1.88. The number of carbonyl (C=O) groups is 1. The molecule has 0 radical (unpaired) electrons. The second-order valence-electron chi connectivity index (χ2n) is 8.51. The number of carbonyl (C=O) groups excluding carboxylic acids is 1. The first-order valence-electron chi connectivity index (χ1n) is 11.5. The summed E-state index contributed by atoms with van der Waals surface area (Å²) in [5.74, 6) is 1.31. The third-order valence-electron chi connectivity index (χ3n) is 6.15. The van der Waals surface area contributed by atoms with Gasteiger partial charge in [-0.1, -0.05) is 29.8 Å². The van der Waals surface area contributed by atoms with E-state index in [9.17, 15) is 9.18 Å². The highest BCUT2D eigenvalue weighted by Crippen LogP contribution is 2.33. The van der Waals surface area contributed by atoms with Gasteiger partial charge in [0.15, 0.2) is 0 Å². The van der Waals surface area contributed by atoms with E-state index in [2.05, 4.69) is 10.6 Å². The second kappa shape index (κ2) is 9.85. The van der Waals surface area contributed by atoms with E-state index in [0.29, 0.717) is 30.3 Å². The highest BCUT2D eigenvalue weighted by Gasteiger charge is 2.34. The number of aromatic nitrogens is 2. The van der Waals surface area contributed by atoms with Gasteiger partial charge in [-0.2, -0.15) is 0 Å². The molecule has 1 saturated heterocycles. The smallest absolute Gasteiger partial charge is 0.227 e. The normalized spacial score (nSPS) is 15.9. The van der Waals surface area contributed by atoms with Crippen molar-refractivity contribution in [3.05, 3.63) is 89.5 Å². The number of ether oxygens (including phenoxy) is 1. The molecule has 174 valence electrons. The van der Waals surface area contributed by atoms with Gasteiger partial charge in [-0.05, 0) is 67.4 Å². The SMILES string of the molecule is O=C1CC(c2nc3ccccc3n2CCCCOc2ccc(Cl)cc2)CN1c1cccc(F)c1. The average molecular weight is 478 g/mol. The maximum atomic E-state index is 13.7. The highest BCUT2D eigenvalue weighted by molar-refractivity contribution is 6.30. The summed E-state index contributed by atoms with van der Waals surface area (Å²) in [5.41, 5.74) is 2.58. The van der Waals surface area contributed by atoms with E-state index in [-0.39, 0.29) is 17.6 Å². The molecule has 1 amide bonds. The van der Waals surface area contributed by atoms with E-state index in [4.69, 9.17) is 21.3 Å². The van der Waals surface area contributed by atoms with Crippen molar-refractivity contribution in [2.24, 2.45) is 0 Å². The van der Waals surface area contributed by atoms with Crippen LogP contribution >= 0.6 is 11.6 Å². The van der Waals surface area contributed by atoms with Crippen molar-refractivity contribution in [2.75, 3.05) is 18.1 Å². The number of aryl methyl sites for hydroxylation is 1. The Hall–Kier alpha value is -3.38. The van der Waals surface area contributed by atoms with Crippen LogP contribution in [0.5, 0.6) is 5.75 Å². The number of hydrogen-bond acceptors (Lipinski definition) is 3. The lowest BCUT2D eigenvalue weighted by atomic mass is 10.1. The first-order chi connectivity index (χ1) is 16.6. The molecular formula is C27H25ClFN3O2. The summed E-state index contributed by atoms with van der Waals surface area (Å²) in [7, 11) is 0. The zero-order chi connectivity index (χ0) is 23.5. The van der Waals surface area contributed by atoms with Crippen LogP contribution in [0.2, 0.25) is 5.02 Å². The topological polar surface area (TPSA) is 47.4 Å². The number of amides is 1. The van der Waals surface area contributed by atoms with Gasteiger partial charge in [0.25, 0.3) is 0 Å². The summed E-state index contributed by atoms with van der Waals surface area (Å²) in [6, 6.07) is 21.6. The molecule has 0 N–H and O–H groups in total. The minimum atomic E-state index is -0.346. The number of para-hydroxylation sites is 2. The maximum Gasteiger partial charge on any atom is 0.227 e. The van der Waals surface area contributed by atoms with Crippen molar-refractivity contribution >= 4 is 34.2 Å². The Morgan fingerprint density at radius 2 is 1.85 bits per heavy atom. The van der Waals surface area contributed by atoms with Crippen LogP contribution in [-0.4, -0.2) is 28.6 Å². The maximum absolute atomic E-state index is 13.7. The summed E-state index contributed by atoms with van der Waals surface area (Å²) in [6.07, 6.45) is 2.16. The molecule has 1 aromatic heterocycles. The van der Waals surface area contributed by atoms with Crippen molar-refractivity contribution in [1.82, 2.24) is 9.55 Å². The lowest BCUT2D eigenvalue weighted by molar-refractivity contribution is -0.117. The molecule has 1 aliphatic heterocycles. The van der Waals surface area contributed by atoms with Crippen LogP contribution in [-0.2, 0) is 11.3 Å². The molecule has 0 aliphatic carbocycles. The van der Waals surface area contributed by atoms with Gasteiger partial charge in [-0.3, -0.25) is 4.79 Å². The quantitative estimate of drug-likeness (QED) is 0.283. The molecule has 0 spiro atoms. The Kier molecular flexibility index (Phi) is 6.50. The largest absolute Gasteiger partial charge is 0.494 e. The number of anilines is 1. The van der Waals surface area contributed by atoms with Crippen molar-refractivity contribution in [3.63, 3.8) is 0 Å². The molecule has 4 aromatic rings. The number of unbranched alkanes of at least 4 members (excludes halogenated alkanes) is 1. The Balaban J connectivity index is 1.29. The molecule has 1 atom stereocenters. The van der Waals surface area contributed by atoms with Crippen molar-refractivity contribution in [3.8, 4) is 5.75 Å². The lowest BCUT2D eigenvalue weighted by Crippen LogP contribution is -2.24. The molecule has 1 aliphatic rings. The molecule has 5 rings (SSSR count). The van der Waals surface area contributed by atoms with Gasteiger partial charge in [-0.25, -0.2) is 9.37 Å². The van der Waals surface area contributed by atoms with E-state index >= 15 is 0 Å². The zero-order valence-corrected chi connectivity index (χ0v) is 19.4. The summed E-state index contributed by atoms with van der Waals surface area (Å²) >= 11 is 5.92. The van der Waals surface area contributed by atoms with Crippen LogP contribution < -0.4 is 9.64 Å². The predicted octanol–water partition coefficient (Wildman–Crippen LogP) is 6.21. The fourth-order valence-corrected chi connectivity index (χ4v) is 4.63. The first-order valence-corrected chi connectivity index (χ1v) is 11.9. The van der Waals surface area contributed by atoms with E-state index in [0.717, 1.165) is 42.0 Å². The van der Waals surface area contributed by atoms with E-state index in [1.54, 1.807) is 17.0 Å². The molecule has 3 aromatic carbocycles. The standard InChI is InChI=1S/C27H25ClFN3O2/c28-20-10-12-23(13-11-20)34-15-4-3-14-31-25-9-2-1-8-24(25)30-27(31)19-16-26(33)32(18-19)22-7-5-6-21(29)17-22/h1-2,5-13,17,19H,3-4,14-16,18H2. The molecule has 0 saturated carbocycles. The van der Waals surface area contributed by atoms with Crippen LogP contribution in [0.15, 0.2) is 72.8 Å². The minimum absolute atomic E-state index is 0.00873. The number of hydrogen-bond donors (Lipinski definition) is 0. The fourth-order valence-electron chi connectivity index (χ4n) is 4.51. The van der Waals surface area contributed by atoms with Gasteiger partial charge in [-0.15, -0.1) is 0 Å². The van der Waals surface area contributed by atoms with Crippen LogP contribution in [0, 0.1) is 5.82 Å². The summed E-state index contributed by atoms with van der Waals surface area (Å²) in [4.78, 5) is 19.4. The third-order valence-corrected chi connectivity index (χ3v) is 6.40. The van der Waals surface area contributed by atoms with E-state index < -0.39 is 0 Å². The number of fused-ring (bicyclic) bond motifs is 1. The van der Waals surface area contributed by atoms with Gasteiger partial charge < -0.3 is 14.2 Å². The average Bonchev–Trinajstić information content (AvgIpc) is 3.40. The van der Waals surface area contributed by atoms with Crippen molar-refractivity contribution in [2.45, 2.75) is 31.7 Å². The molecule has 34 heavy (non-hydrogen) atoms. The molecule has 0 bridgehead atoms. The summed E-state index contributed by atoms with van der Waals surface area (Å²) in [5, 5.41) is 0.688. The van der Waals surface area contributed by atoms with Crippen LogP contribution in [0.1, 0.15) is 31.0 Å². The third kappa shape index (κ3) is 4.77. The molecule has 7 heteroatoms. The van der Waals surface area contributed by atoms with Gasteiger partial charge in [0.05, 0.1) is 17.6 Å². The predicted molar refractivity (Wildman–Crippen MR) is 132 cm³/mol. The monoisotopic (exact) mass is 477 g/mol. The number of imidazole rings is 1. The highest BCUT2D eigenvalue weighted by atomic mass is 35.5. The zero-order valence-electron chi connectivity index (χ0n) is 18.7. The number of rotatable bonds is 8. The molecule has 1 fully saturated rings. The fraction of sp³-hybridized carbons (Fsp3) is 0.259. The van der Waals surface area contributed by atoms with Crippen LogP contribution in [0.25, 0.3) is 11.0 Å². The van der Waals surface area contributed by atoms with Gasteiger partial charge in [0, 0.05) is 36.1 Å². The van der Waals surface area contributed by atoms with Crippen molar-refractivity contribution < 1.29 is 13.9 Å². The number of halogens is 2. The number of benzene rings is 3. The van der Waals surface area contributed by atoms with Crippen LogP contribution in [0.3, 0.4) is 0 Å². The first kappa shape index (κ1) is 22.4.